The molecule has 4 aliphatic rings. The Morgan fingerprint density at radius 2 is 1.95 bits per heavy atom. The summed E-state index contributed by atoms with van der Waals surface area (Å²) < 4.78 is 0. The minimum absolute atomic E-state index is 0.119. The first-order valence-corrected chi connectivity index (χ1v) is 9.49. The van der Waals surface area contributed by atoms with Gasteiger partial charge in [-0.1, -0.05) is 33.3 Å². The zero-order chi connectivity index (χ0) is 15.5. The first kappa shape index (κ1) is 14.8. The number of hydrogen-bond donors (Lipinski definition) is 1. The van der Waals surface area contributed by atoms with Crippen LogP contribution in [0.1, 0.15) is 65.7 Å². The van der Waals surface area contributed by atoms with Crippen molar-refractivity contribution in [2.75, 3.05) is 0 Å². The second kappa shape index (κ2) is 4.85. The standard InChI is InChI=1S/C20H31NO/c1-4-13-5-7-15-14-6-8-17-20(3,12-10-18(22)21-17)16(14)9-11-19(13,15)2/h10,12-17H,4-9,11H2,1-3H3,(H,21,22)/t13?,14-,15-,16+,17?,19+,20+/m0/s1. The van der Waals surface area contributed by atoms with Crippen LogP contribution in [0, 0.1) is 34.5 Å². The van der Waals surface area contributed by atoms with Crippen molar-refractivity contribution >= 4 is 5.91 Å². The van der Waals surface area contributed by atoms with E-state index in [1.807, 2.05) is 0 Å². The maximum atomic E-state index is 11.7. The van der Waals surface area contributed by atoms with E-state index >= 15 is 0 Å². The molecule has 1 aliphatic heterocycles. The van der Waals surface area contributed by atoms with Gasteiger partial charge >= 0.3 is 0 Å². The van der Waals surface area contributed by atoms with Gasteiger partial charge < -0.3 is 5.32 Å². The Morgan fingerprint density at radius 1 is 1.14 bits per heavy atom. The highest BCUT2D eigenvalue weighted by Crippen LogP contribution is 2.65. The SMILES string of the molecule is CCC1CC[C@H]2[C@@H]3CCC4NC(=O)C=C[C@]4(C)[C@@H]3CC[C@]12C. The highest BCUT2D eigenvalue weighted by atomic mass is 16.1. The van der Waals surface area contributed by atoms with Gasteiger partial charge in [0, 0.05) is 11.5 Å². The van der Waals surface area contributed by atoms with E-state index in [4.69, 9.17) is 0 Å². The number of fused-ring (bicyclic) bond motifs is 5. The van der Waals surface area contributed by atoms with Crippen molar-refractivity contribution in [3.05, 3.63) is 12.2 Å². The predicted octanol–water partition coefficient (Wildman–Crippen LogP) is 4.31. The summed E-state index contributed by atoms with van der Waals surface area (Å²) in [6, 6.07) is 0.374. The third kappa shape index (κ3) is 1.82. The first-order chi connectivity index (χ1) is 10.5. The molecule has 0 bridgehead atoms. The Kier molecular flexibility index (Phi) is 3.26. The third-order valence-corrected chi connectivity index (χ3v) is 8.38. The summed E-state index contributed by atoms with van der Waals surface area (Å²) in [5.74, 6) is 3.66. The molecular formula is C20H31NO. The van der Waals surface area contributed by atoms with Gasteiger partial charge in [-0.2, -0.15) is 0 Å². The summed E-state index contributed by atoms with van der Waals surface area (Å²) in [6.07, 6.45) is 13.6. The molecule has 122 valence electrons. The number of nitrogens with one attached hydrogen (secondary N) is 1. The molecule has 1 heterocycles. The predicted molar refractivity (Wildman–Crippen MR) is 89.2 cm³/mol. The van der Waals surface area contributed by atoms with Crippen LogP contribution in [0.3, 0.4) is 0 Å². The number of rotatable bonds is 1. The van der Waals surface area contributed by atoms with Crippen molar-refractivity contribution in [1.82, 2.24) is 5.32 Å². The zero-order valence-electron chi connectivity index (χ0n) is 14.4. The topological polar surface area (TPSA) is 29.1 Å². The summed E-state index contributed by atoms with van der Waals surface area (Å²) >= 11 is 0. The molecule has 4 rings (SSSR count). The molecule has 0 radical (unpaired) electrons. The molecule has 3 aliphatic carbocycles. The van der Waals surface area contributed by atoms with Crippen LogP contribution in [0.25, 0.3) is 0 Å². The minimum Gasteiger partial charge on any atom is -0.349 e. The number of hydrogen-bond acceptors (Lipinski definition) is 1. The molecule has 2 nitrogen and oxygen atoms in total. The van der Waals surface area contributed by atoms with Crippen molar-refractivity contribution in [1.29, 1.82) is 0 Å². The molecule has 2 unspecified atom stereocenters. The molecule has 1 amide bonds. The Labute approximate surface area is 135 Å². The van der Waals surface area contributed by atoms with Crippen LogP contribution >= 0.6 is 0 Å². The van der Waals surface area contributed by atoms with E-state index in [2.05, 4.69) is 32.2 Å². The lowest BCUT2D eigenvalue weighted by Gasteiger charge is -2.59. The van der Waals surface area contributed by atoms with Gasteiger partial charge in [-0.15, -0.1) is 0 Å². The molecule has 7 atom stereocenters. The molecule has 3 fully saturated rings. The second-order valence-corrected chi connectivity index (χ2v) is 8.94. The monoisotopic (exact) mass is 301 g/mol. The minimum atomic E-state index is 0.119. The van der Waals surface area contributed by atoms with Gasteiger partial charge in [0.1, 0.15) is 0 Å². The molecule has 3 saturated carbocycles. The average molecular weight is 301 g/mol. The van der Waals surface area contributed by atoms with Crippen LogP contribution in [0.5, 0.6) is 0 Å². The van der Waals surface area contributed by atoms with Gasteiger partial charge in [-0.25, -0.2) is 0 Å². The maximum absolute atomic E-state index is 11.7. The number of carbonyl (C=O) groups excluding carboxylic acids is 1. The van der Waals surface area contributed by atoms with Gasteiger partial charge in [-0.3, -0.25) is 4.79 Å². The lowest BCUT2D eigenvalue weighted by Crippen LogP contribution is -2.59. The van der Waals surface area contributed by atoms with Crippen LogP contribution in [0.2, 0.25) is 0 Å². The van der Waals surface area contributed by atoms with Gasteiger partial charge in [0.25, 0.3) is 0 Å². The van der Waals surface area contributed by atoms with E-state index in [1.54, 1.807) is 6.08 Å². The smallest absolute Gasteiger partial charge is 0.243 e. The molecule has 1 N–H and O–H groups in total. The quantitative estimate of drug-likeness (QED) is 0.768. The van der Waals surface area contributed by atoms with E-state index in [9.17, 15) is 4.79 Å². The van der Waals surface area contributed by atoms with Crippen molar-refractivity contribution in [3.63, 3.8) is 0 Å². The molecule has 0 spiro atoms. The second-order valence-electron chi connectivity index (χ2n) is 8.94. The molecule has 2 heteroatoms. The van der Waals surface area contributed by atoms with Gasteiger partial charge in [0.2, 0.25) is 5.91 Å². The normalized spacial score (nSPS) is 53.4. The number of amides is 1. The maximum Gasteiger partial charge on any atom is 0.243 e. The lowest BCUT2D eigenvalue weighted by atomic mass is 9.48. The first-order valence-electron chi connectivity index (χ1n) is 9.49. The van der Waals surface area contributed by atoms with E-state index in [-0.39, 0.29) is 11.3 Å². The van der Waals surface area contributed by atoms with E-state index in [1.165, 1.54) is 44.9 Å². The van der Waals surface area contributed by atoms with Crippen molar-refractivity contribution < 1.29 is 4.79 Å². The van der Waals surface area contributed by atoms with Crippen LogP contribution in [-0.4, -0.2) is 11.9 Å². The Morgan fingerprint density at radius 3 is 2.73 bits per heavy atom. The van der Waals surface area contributed by atoms with Crippen LogP contribution < -0.4 is 5.32 Å². The largest absolute Gasteiger partial charge is 0.349 e. The van der Waals surface area contributed by atoms with Crippen molar-refractivity contribution in [2.45, 2.75) is 71.8 Å². The summed E-state index contributed by atoms with van der Waals surface area (Å²) in [5, 5.41) is 3.26. The van der Waals surface area contributed by atoms with Gasteiger partial charge in [-0.05, 0) is 73.7 Å². The molecular weight excluding hydrogens is 270 g/mol. The van der Waals surface area contributed by atoms with Crippen LogP contribution in [0.15, 0.2) is 12.2 Å². The van der Waals surface area contributed by atoms with Crippen molar-refractivity contribution in [2.24, 2.45) is 34.5 Å². The van der Waals surface area contributed by atoms with Crippen molar-refractivity contribution in [3.8, 4) is 0 Å². The van der Waals surface area contributed by atoms with Gasteiger partial charge in [0.15, 0.2) is 0 Å². The van der Waals surface area contributed by atoms with E-state index in [0.717, 1.165) is 23.7 Å². The highest BCUT2D eigenvalue weighted by molar-refractivity contribution is 5.89. The molecule has 0 saturated heterocycles. The summed E-state index contributed by atoms with van der Waals surface area (Å²) in [5.41, 5.74) is 0.795. The van der Waals surface area contributed by atoms with E-state index in [0.29, 0.717) is 11.5 Å². The highest BCUT2D eigenvalue weighted by Gasteiger charge is 2.59. The molecule has 0 aromatic heterocycles. The fourth-order valence-corrected chi connectivity index (χ4v) is 7.11. The number of carbonyl (C=O) groups is 1. The average Bonchev–Trinajstić information content (AvgIpc) is 2.84. The lowest BCUT2D eigenvalue weighted by molar-refractivity contribution is -0.122. The molecule has 22 heavy (non-hydrogen) atoms. The Hall–Kier alpha value is -0.790. The van der Waals surface area contributed by atoms with Crippen LogP contribution in [-0.2, 0) is 4.79 Å². The van der Waals surface area contributed by atoms with E-state index < -0.39 is 0 Å². The summed E-state index contributed by atoms with van der Waals surface area (Å²) in [4.78, 5) is 11.7. The Bertz CT molecular complexity index is 512. The fraction of sp³-hybridized carbons (Fsp3) is 0.850. The summed E-state index contributed by atoms with van der Waals surface area (Å²) in [6.45, 7) is 7.41. The fourth-order valence-electron chi connectivity index (χ4n) is 7.11. The third-order valence-electron chi connectivity index (χ3n) is 8.38. The molecule has 0 aromatic carbocycles. The van der Waals surface area contributed by atoms with Gasteiger partial charge in [0.05, 0.1) is 0 Å². The zero-order valence-corrected chi connectivity index (χ0v) is 14.4. The van der Waals surface area contributed by atoms with Crippen LogP contribution in [0.4, 0.5) is 0 Å². The Balaban J connectivity index is 1.66. The molecule has 0 aromatic rings. The summed E-state index contributed by atoms with van der Waals surface area (Å²) in [7, 11) is 0.